The molecule has 0 bridgehead atoms. The molecule has 3 N–H and O–H groups in total. The lowest BCUT2D eigenvalue weighted by atomic mass is 9.91. The molecular weight excluding hydrogens is 440 g/mol. The highest BCUT2D eigenvalue weighted by Gasteiger charge is 2.30. The molecule has 2 aromatic rings. The highest BCUT2D eigenvalue weighted by atomic mass is 16.5. The Morgan fingerprint density at radius 3 is 2.26 bits per heavy atom. The minimum atomic E-state index is -1.13. The summed E-state index contributed by atoms with van der Waals surface area (Å²) >= 11 is 0. The van der Waals surface area contributed by atoms with Crippen LogP contribution in [-0.2, 0) is 27.2 Å². The number of hydrogen-bond donors (Lipinski definition) is 3. The smallest absolute Gasteiger partial charge is 0.339 e. The third kappa shape index (κ3) is 5.76. The number of ether oxygens (including phenoxy) is 1. The van der Waals surface area contributed by atoms with Crippen LogP contribution in [0, 0.1) is 11.8 Å². The van der Waals surface area contributed by atoms with Crippen LogP contribution in [0.2, 0.25) is 0 Å². The van der Waals surface area contributed by atoms with Crippen LogP contribution in [0.1, 0.15) is 51.7 Å². The molecule has 0 fully saturated rings. The molecule has 0 saturated heterocycles. The largest absolute Gasteiger partial charge is 0.484 e. The summed E-state index contributed by atoms with van der Waals surface area (Å²) in [5, 5.41) is 15.3. The van der Waals surface area contributed by atoms with Gasteiger partial charge in [-0.05, 0) is 55.2 Å². The predicted octanol–water partition coefficient (Wildman–Crippen LogP) is 2.42. The first kappa shape index (κ1) is 25.3. The maximum Gasteiger partial charge on any atom is 0.339 e. The van der Waals surface area contributed by atoms with Gasteiger partial charge < -0.3 is 24.9 Å². The Morgan fingerprint density at radius 1 is 1.00 bits per heavy atom. The molecule has 1 aliphatic carbocycles. The van der Waals surface area contributed by atoms with Crippen LogP contribution in [0.3, 0.4) is 0 Å². The van der Waals surface area contributed by atoms with Gasteiger partial charge in [0.2, 0.25) is 5.91 Å². The van der Waals surface area contributed by atoms with E-state index in [0.29, 0.717) is 11.3 Å². The Morgan fingerprint density at radius 2 is 1.65 bits per heavy atom. The van der Waals surface area contributed by atoms with Crippen molar-refractivity contribution in [2.75, 3.05) is 6.61 Å². The lowest BCUT2D eigenvalue weighted by Crippen LogP contribution is -2.55. The van der Waals surface area contributed by atoms with Crippen molar-refractivity contribution in [3.05, 3.63) is 39.7 Å². The van der Waals surface area contributed by atoms with Crippen molar-refractivity contribution in [3.8, 4) is 5.75 Å². The van der Waals surface area contributed by atoms with E-state index in [9.17, 15) is 24.3 Å². The number of carbonyl (C=O) groups is 3. The van der Waals surface area contributed by atoms with Crippen LogP contribution in [0.15, 0.2) is 27.4 Å². The number of aliphatic carboxylic acids is 1. The number of fused-ring (bicyclic) bond motifs is 3. The summed E-state index contributed by atoms with van der Waals surface area (Å²) in [4.78, 5) is 48.8. The molecule has 0 aliphatic heterocycles. The molecular formula is C25H32N2O7. The van der Waals surface area contributed by atoms with Crippen LogP contribution >= 0.6 is 0 Å². The second-order valence-electron chi connectivity index (χ2n) is 9.36. The number of nitrogens with one attached hydrogen (secondary N) is 2. The summed E-state index contributed by atoms with van der Waals surface area (Å²) < 4.78 is 11.1. The molecule has 0 unspecified atom stereocenters. The first-order chi connectivity index (χ1) is 16.1. The van der Waals surface area contributed by atoms with E-state index in [-0.39, 0.29) is 24.1 Å². The van der Waals surface area contributed by atoms with E-state index in [4.69, 9.17) is 9.15 Å². The third-order valence-corrected chi connectivity index (χ3v) is 6.06. The molecule has 1 aliphatic rings. The van der Waals surface area contributed by atoms with E-state index in [0.717, 1.165) is 42.2 Å². The minimum Gasteiger partial charge on any atom is -0.484 e. The van der Waals surface area contributed by atoms with Crippen molar-refractivity contribution in [2.24, 2.45) is 11.8 Å². The lowest BCUT2D eigenvalue weighted by molar-refractivity contribution is -0.143. The van der Waals surface area contributed by atoms with E-state index in [2.05, 4.69) is 10.6 Å². The van der Waals surface area contributed by atoms with Crippen LogP contribution in [0.25, 0.3) is 11.0 Å². The van der Waals surface area contributed by atoms with E-state index < -0.39 is 29.9 Å². The van der Waals surface area contributed by atoms with Gasteiger partial charge in [-0.15, -0.1) is 0 Å². The number of aryl methyl sites for hydroxylation is 1. The molecule has 1 heterocycles. The van der Waals surface area contributed by atoms with E-state index >= 15 is 0 Å². The average molecular weight is 473 g/mol. The van der Waals surface area contributed by atoms with Crippen molar-refractivity contribution in [3.63, 3.8) is 0 Å². The molecule has 3 rings (SSSR count). The first-order valence-electron chi connectivity index (χ1n) is 11.6. The van der Waals surface area contributed by atoms with Crippen molar-refractivity contribution >= 4 is 28.8 Å². The molecule has 0 spiro atoms. The van der Waals surface area contributed by atoms with Gasteiger partial charge in [0.05, 0.1) is 0 Å². The summed E-state index contributed by atoms with van der Waals surface area (Å²) in [6.45, 7) is 6.53. The Balaban J connectivity index is 1.66. The fourth-order valence-corrected chi connectivity index (χ4v) is 4.17. The number of hydrogen-bond acceptors (Lipinski definition) is 6. The monoisotopic (exact) mass is 472 g/mol. The van der Waals surface area contributed by atoms with Gasteiger partial charge in [0.25, 0.3) is 5.91 Å². The number of benzene rings is 1. The molecule has 2 atom stereocenters. The van der Waals surface area contributed by atoms with Gasteiger partial charge in [-0.25, -0.2) is 9.59 Å². The van der Waals surface area contributed by atoms with Gasteiger partial charge >= 0.3 is 11.6 Å². The zero-order valence-electron chi connectivity index (χ0n) is 20.0. The number of amides is 2. The number of carboxylic acids is 1. The Labute approximate surface area is 197 Å². The Hall–Kier alpha value is -3.36. The van der Waals surface area contributed by atoms with Gasteiger partial charge in [-0.1, -0.05) is 27.7 Å². The normalized spacial score (nSPS) is 15.0. The SMILES string of the molecule is CC(C)[C@H](NC(=O)[C@H](NC(=O)COc1ccc2c3c(c(=O)oc2c1)CCCC3)C(C)C)C(=O)O. The second-order valence-corrected chi connectivity index (χ2v) is 9.36. The number of carbonyl (C=O) groups excluding carboxylic acids is 2. The van der Waals surface area contributed by atoms with Gasteiger partial charge in [-0.3, -0.25) is 9.59 Å². The minimum absolute atomic E-state index is 0.272. The van der Waals surface area contributed by atoms with E-state index in [1.165, 1.54) is 0 Å². The maximum absolute atomic E-state index is 12.6. The molecule has 9 heteroatoms. The number of carboxylic acid groups (broad SMARTS) is 1. The summed E-state index contributed by atoms with van der Waals surface area (Å²) in [5.41, 5.74) is 1.85. The van der Waals surface area contributed by atoms with Crippen LogP contribution < -0.4 is 21.0 Å². The zero-order chi connectivity index (χ0) is 25.0. The molecule has 0 saturated carbocycles. The lowest BCUT2D eigenvalue weighted by Gasteiger charge is -2.25. The van der Waals surface area contributed by atoms with Crippen LogP contribution in [-0.4, -0.2) is 41.6 Å². The summed E-state index contributed by atoms with van der Waals surface area (Å²) in [7, 11) is 0. The average Bonchev–Trinajstić information content (AvgIpc) is 2.78. The highest BCUT2D eigenvalue weighted by molar-refractivity contribution is 5.91. The van der Waals surface area contributed by atoms with Crippen molar-refractivity contribution < 1.29 is 28.6 Å². The predicted molar refractivity (Wildman–Crippen MR) is 126 cm³/mol. The summed E-state index contributed by atoms with van der Waals surface area (Å²) in [6, 6.07) is 3.17. The summed E-state index contributed by atoms with van der Waals surface area (Å²) in [5.74, 6) is -2.46. The van der Waals surface area contributed by atoms with Gasteiger partial charge in [0, 0.05) is 17.0 Å². The quantitative estimate of drug-likeness (QED) is 0.477. The van der Waals surface area contributed by atoms with Gasteiger partial charge in [0.15, 0.2) is 6.61 Å². The van der Waals surface area contributed by atoms with E-state index in [1.54, 1.807) is 39.8 Å². The van der Waals surface area contributed by atoms with Crippen molar-refractivity contribution in [2.45, 2.75) is 65.5 Å². The standard InChI is InChI=1S/C25H32N2O7/c1-13(2)21(23(29)27-22(14(3)4)24(30)31)26-20(28)12-33-15-9-10-17-16-7-5-6-8-18(16)25(32)34-19(17)11-15/h9-11,13-14,21-22H,5-8,12H2,1-4H3,(H,26,28)(H,27,29)(H,30,31)/t21-,22+/m1/s1. The first-order valence-corrected chi connectivity index (χ1v) is 11.6. The van der Waals surface area contributed by atoms with Crippen LogP contribution in [0.5, 0.6) is 5.75 Å². The number of rotatable bonds is 9. The summed E-state index contributed by atoms with van der Waals surface area (Å²) in [6.07, 6.45) is 3.56. The van der Waals surface area contributed by atoms with Gasteiger partial charge in [-0.2, -0.15) is 0 Å². The second kappa shape index (κ2) is 10.7. The molecule has 0 radical (unpaired) electrons. The molecule has 34 heavy (non-hydrogen) atoms. The molecule has 184 valence electrons. The topological polar surface area (TPSA) is 135 Å². The fraction of sp³-hybridized carbons (Fsp3) is 0.520. The van der Waals surface area contributed by atoms with Crippen LogP contribution in [0.4, 0.5) is 0 Å². The molecule has 2 amide bonds. The molecule has 1 aromatic carbocycles. The molecule has 9 nitrogen and oxygen atoms in total. The van der Waals surface area contributed by atoms with Crippen molar-refractivity contribution in [1.82, 2.24) is 10.6 Å². The third-order valence-electron chi connectivity index (χ3n) is 6.06. The van der Waals surface area contributed by atoms with E-state index in [1.807, 2.05) is 6.07 Å². The van der Waals surface area contributed by atoms with Crippen molar-refractivity contribution in [1.29, 1.82) is 0 Å². The Kier molecular flexibility index (Phi) is 7.96. The Bertz CT molecular complexity index is 1140. The highest BCUT2D eigenvalue weighted by Crippen LogP contribution is 2.29. The zero-order valence-corrected chi connectivity index (χ0v) is 20.0. The van der Waals surface area contributed by atoms with Gasteiger partial charge in [0.1, 0.15) is 23.4 Å². The molecule has 1 aromatic heterocycles. The fourth-order valence-electron chi connectivity index (χ4n) is 4.17. The maximum atomic E-state index is 12.6.